The Balaban J connectivity index is 1.72. The van der Waals surface area contributed by atoms with Crippen molar-refractivity contribution >= 4 is 0 Å². The van der Waals surface area contributed by atoms with E-state index in [9.17, 15) is 0 Å². The van der Waals surface area contributed by atoms with E-state index in [2.05, 4.69) is 44.2 Å². The van der Waals surface area contributed by atoms with Crippen LogP contribution in [0, 0.1) is 5.92 Å². The molecule has 0 aromatic heterocycles. The van der Waals surface area contributed by atoms with Gasteiger partial charge < -0.3 is 9.47 Å². The van der Waals surface area contributed by atoms with Crippen LogP contribution in [0.4, 0.5) is 0 Å². The van der Waals surface area contributed by atoms with Gasteiger partial charge in [-0.05, 0) is 35.1 Å². The molecule has 0 saturated heterocycles. The summed E-state index contributed by atoms with van der Waals surface area (Å²) in [5.74, 6) is 2.32. The summed E-state index contributed by atoms with van der Waals surface area (Å²) in [6.07, 6.45) is 0.989. The lowest BCUT2D eigenvalue weighted by Crippen LogP contribution is -2.03. The molecule has 0 aliphatic heterocycles. The zero-order valence-corrected chi connectivity index (χ0v) is 15.5. The second-order valence-electron chi connectivity index (χ2n) is 6.92. The number of benzene rings is 3. The molecule has 3 aromatic rings. The van der Waals surface area contributed by atoms with Gasteiger partial charge in [0.15, 0.2) is 0 Å². The zero-order valence-electron chi connectivity index (χ0n) is 15.5. The van der Waals surface area contributed by atoms with Crippen LogP contribution in [0.2, 0.25) is 0 Å². The summed E-state index contributed by atoms with van der Waals surface area (Å²) >= 11 is 0. The van der Waals surface area contributed by atoms with E-state index in [-0.39, 0.29) is 0 Å². The maximum atomic E-state index is 6.14. The third kappa shape index (κ3) is 5.38. The van der Waals surface area contributed by atoms with E-state index in [0.29, 0.717) is 19.1 Å². The molecule has 0 radical (unpaired) electrons. The summed E-state index contributed by atoms with van der Waals surface area (Å²) < 4.78 is 12.1. The first kappa shape index (κ1) is 18.1. The van der Waals surface area contributed by atoms with E-state index in [1.807, 2.05) is 48.5 Å². The summed E-state index contributed by atoms with van der Waals surface area (Å²) in [6, 6.07) is 26.6. The summed E-state index contributed by atoms with van der Waals surface area (Å²) in [4.78, 5) is 0. The molecule has 0 saturated carbocycles. The predicted molar refractivity (Wildman–Crippen MR) is 107 cm³/mol. The van der Waals surface area contributed by atoms with Gasteiger partial charge in [0.2, 0.25) is 0 Å². The quantitative estimate of drug-likeness (QED) is 0.495. The largest absolute Gasteiger partial charge is 0.489 e. The normalized spacial score (nSPS) is 10.7. The first-order chi connectivity index (χ1) is 12.7. The van der Waals surface area contributed by atoms with Gasteiger partial charge in [-0.1, -0.05) is 80.6 Å². The lowest BCUT2D eigenvalue weighted by molar-refractivity contribution is 0.287. The number of hydrogen-bond acceptors (Lipinski definition) is 2. The molecule has 0 fully saturated rings. The van der Waals surface area contributed by atoms with Crippen molar-refractivity contribution in [2.45, 2.75) is 33.5 Å². The highest BCUT2D eigenvalue weighted by atomic mass is 16.5. The second kappa shape index (κ2) is 9.10. The van der Waals surface area contributed by atoms with Gasteiger partial charge in [-0.3, -0.25) is 0 Å². The van der Waals surface area contributed by atoms with Gasteiger partial charge in [0.25, 0.3) is 0 Å². The van der Waals surface area contributed by atoms with Crippen molar-refractivity contribution in [2.24, 2.45) is 5.92 Å². The third-order valence-corrected chi connectivity index (χ3v) is 4.15. The van der Waals surface area contributed by atoms with Crippen LogP contribution in [-0.4, -0.2) is 0 Å². The number of ether oxygens (including phenoxy) is 2. The molecular weight excluding hydrogens is 320 g/mol. The van der Waals surface area contributed by atoms with E-state index < -0.39 is 0 Å². The van der Waals surface area contributed by atoms with Crippen LogP contribution >= 0.6 is 0 Å². The molecule has 2 nitrogen and oxygen atoms in total. The van der Waals surface area contributed by atoms with E-state index in [4.69, 9.17) is 9.47 Å². The first-order valence-electron chi connectivity index (χ1n) is 9.17. The first-order valence-corrected chi connectivity index (χ1v) is 9.17. The van der Waals surface area contributed by atoms with Gasteiger partial charge in [-0.15, -0.1) is 0 Å². The molecule has 2 heteroatoms. The molecule has 134 valence electrons. The topological polar surface area (TPSA) is 18.5 Å². The lowest BCUT2D eigenvalue weighted by Gasteiger charge is -2.15. The third-order valence-electron chi connectivity index (χ3n) is 4.15. The highest BCUT2D eigenvalue weighted by molar-refractivity contribution is 5.41. The summed E-state index contributed by atoms with van der Waals surface area (Å²) in [6.45, 7) is 5.57. The van der Waals surface area contributed by atoms with Crippen molar-refractivity contribution in [1.82, 2.24) is 0 Å². The van der Waals surface area contributed by atoms with Crippen LogP contribution in [0.25, 0.3) is 0 Å². The minimum atomic E-state index is 0.558. The van der Waals surface area contributed by atoms with E-state index >= 15 is 0 Å². The highest BCUT2D eigenvalue weighted by Gasteiger charge is 2.09. The van der Waals surface area contributed by atoms with Crippen molar-refractivity contribution in [3.63, 3.8) is 0 Å². The van der Waals surface area contributed by atoms with Crippen molar-refractivity contribution in [2.75, 3.05) is 0 Å². The molecular formula is C24H26O2. The maximum absolute atomic E-state index is 6.14. The lowest BCUT2D eigenvalue weighted by atomic mass is 10.0. The Morgan fingerprint density at radius 2 is 1.27 bits per heavy atom. The van der Waals surface area contributed by atoms with Crippen molar-refractivity contribution in [3.05, 3.63) is 95.6 Å². The molecule has 0 spiro atoms. The maximum Gasteiger partial charge on any atom is 0.126 e. The van der Waals surface area contributed by atoms with Crippen molar-refractivity contribution < 1.29 is 9.47 Å². The fourth-order valence-electron chi connectivity index (χ4n) is 2.84. The fraction of sp³-hybridized carbons (Fsp3) is 0.250. The van der Waals surface area contributed by atoms with Crippen LogP contribution in [0.3, 0.4) is 0 Å². The molecule has 3 aromatic carbocycles. The van der Waals surface area contributed by atoms with Gasteiger partial charge in [0.05, 0.1) is 0 Å². The summed E-state index contributed by atoms with van der Waals surface area (Å²) in [5.41, 5.74) is 3.55. The number of hydrogen-bond donors (Lipinski definition) is 0. The minimum Gasteiger partial charge on any atom is -0.489 e. The Morgan fingerprint density at radius 3 is 1.85 bits per heavy atom. The van der Waals surface area contributed by atoms with E-state index in [0.717, 1.165) is 23.5 Å². The van der Waals surface area contributed by atoms with E-state index in [1.165, 1.54) is 11.1 Å². The molecule has 0 aliphatic carbocycles. The number of rotatable bonds is 8. The average Bonchev–Trinajstić information content (AvgIpc) is 2.67. The summed E-state index contributed by atoms with van der Waals surface area (Å²) in [7, 11) is 0. The minimum absolute atomic E-state index is 0.558. The van der Waals surface area contributed by atoms with Crippen molar-refractivity contribution in [3.8, 4) is 11.5 Å². The van der Waals surface area contributed by atoms with Gasteiger partial charge in [0.1, 0.15) is 24.7 Å². The average molecular weight is 346 g/mol. The van der Waals surface area contributed by atoms with E-state index in [1.54, 1.807) is 0 Å². The van der Waals surface area contributed by atoms with Gasteiger partial charge in [-0.25, -0.2) is 0 Å². The molecule has 0 atom stereocenters. The van der Waals surface area contributed by atoms with Crippen LogP contribution in [0.5, 0.6) is 11.5 Å². The molecule has 0 unspecified atom stereocenters. The smallest absolute Gasteiger partial charge is 0.126 e. The van der Waals surface area contributed by atoms with Gasteiger partial charge >= 0.3 is 0 Å². The standard InChI is InChI=1S/C24H26O2/c1-19(2)15-22-13-14-23(25-17-20-9-5-3-6-10-20)16-24(22)26-18-21-11-7-4-8-12-21/h3-14,16,19H,15,17-18H2,1-2H3. The molecule has 0 bridgehead atoms. The van der Waals surface area contributed by atoms with Crippen LogP contribution in [0.15, 0.2) is 78.9 Å². The highest BCUT2D eigenvalue weighted by Crippen LogP contribution is 2.28. The Kier molecular flexibility index (Phi) is 6.32. The summed E-state index contributed by atoms with van der Waals surface area (Å²) in [5, 5.41) is 0. The molecule has 26 heavy (non-hydrogen) atoms. The molecule has 0 aliphatic rings. The van der Waals surface area contributed by atoms with Crippen LogP contribution < -0.4 is 9.47 Å². The SMILES string of the molecule is CC(C)Cc1ccc(OCc2ccccc2)cc1OCc1ccccc1. The Morgan fingerprint density at radius 1 is 0.692 bits per heavy atom. The molecule has 0 amide bonds. The van der Waals surface area contributed by atoms with Crippen LogP contribution in [0.1, 0.15) is 30.5 Å². The zero-order chi connectivity index (χ0) is 18.2. The molecule has 0 N–H and O–H groups in total. The second-order valence-corrected chi connectivity index (χ2v) is 6.92. The predicted octanol–water partition coefficient (Wildman–Crippen LogP) is 6.04. The Labute approximate surface area is 156 Å². The van der Waals surface area contributed by atoms with Crippen molar-refractivity contribution in [1.29, 1.82) is 0 Å². The fourth-order valence-corrected chi connectivity index (χ4v) is 2.84. The molecule has 0 heterocycles. The Bertz CT molecular complexity index is 795. The monoisotopic (exact) mass is 346 g/mol. The Hall–Kier alpha value is -2.74. The van der Waals surface area contributed by atoms with Gasteiger partial charge in [-0.2, -0.15) is 0 Å². The molecule has 3 rings (SSSR count). The van der Waals surface area contributed by atoms with Crippen LogP contribution in [-0.2, 0) is 19.6 Å². The van der Waals surface area contributed by atoms with Gasteiger partial charge in [0, 0.05) is 6.07 Å².